The van der Waals surface area contributed by atoms with E-state index in [1.54, 1.807) is 18.2 Å². The van der Waals surface area contributed by atoms with Gasteiger partial charge in [-0.05, 0) is 166 Å². The number of benzene rings is 3. The quantitative estimate of drug-likeness (QED) is 0.0527. The van der Waals surface area contributed by atoms with Crippen LogP contribution in [0.15, 0.2) is 54.6 Å². The molecule has 0 saturated heterocycles. The van der Waals surface area contributed by atoms with Crippen molar-refractivity contribution in [3.05, 3.63) is 76.9 Å². The second-order valence-corrected chi connectivity index (χ2v) is 20.8. The van der Waals surface area contributed by atoms with Crippen LogP contribution in [0.1, 0.15) is 138 Å². The number of carbonyl (C=O) groups is 2. The van der Waals surface area contributed by atoms with Crippen LogP contribution in [0, 0.1) is 46.3 Å². The van der Waals surface area contributed by atoms with Crippen molar-refractivity contribution < 1.29 is 39.5 Å². The molecule has 0 radical (unpaired) electrons. The van der Waals surface area contributed by atoms with E-state index in [0.29, 0.717) is 93.7 Å². The Kier molecular flexibility index (Phi) is 12.0. The van der Waals surface area contributed by atoms with Crippen molar-refractivity contribution in [3.8, 4) is 23.0 Å². The van der Waals surface area contributed by atoms with E-state index in [1.807, 2.05) is 12.1 Å². The van der Waals surface area contributed by atoms with Crippen LogP contribution in [0.5, 0.6) is 23.0 Å². The van der Waals surface area contributed by atoms with E-state index < -0.39 is 11.6 Å². The summed E-state index contributed by atoms with van der Waals surface area (Å²) in [6.45, 7) is 8.70. The predicted molar refractivity (Wildman–Crippen MR) is 245 cm³/mol. The molecule has 338 valence electrons. The third kappa shape index (κ3) is 7.85. The molecule has 2 heterocycles. The van der Waals surface area contributed by atoms with Crippen LogP contribution in [-0.2, 0) is 15.1 Å². The van der Waals surface area contributed by atoms with Gasteiger partial charge in [-0.2, -0.15) is 0 Å². The molecule has 63 heavy (non-hydrogen) atoms. The summed E-state index contributed by atoms with van der Waals surface area (Å²) in [5.74, 6) is 3.50. The number of aliphatic hydroxyl groups excluding tert-OH is 2. The average molecular weight is 880 g/mol. The number of fused-ring (bicyclic) bond motifs is 11. The zero-order valence-corrected chi connectivity index (χ0v) is 37.8. The van der Waals surface area contributed by atoms with E-state index in [1.165, 1.54) is 49.9 Å². The summed E-state index contributed by atoms with van der Waals surface area (Å²) in [6, 6.07) is 14.8. The number of amides is 1. The SMILES string of the molecule is C[C@H](CCC(=O)NCCCCCCNC(=S)Nc1ccc2c(c1)C(=O)OC21c2ccc(O)cc2Oc2cc(O)ccc21)[C@H]1CC[C@H]2[C@@H]3C[C@H](O)[C@@H]4C[C@H](O)CC[C@]4(C)[C@H]3CC[C@]12C. The molecule has 4 aliphatic carbocycles. The molecule has 3 aromatic rings. The summed E-state index contributed by atoms with van der Waals surface area (Å²) in [6.07, 6.45) is 13.3. The van der Waals surface area contributed by atoms with E-state index in [-0.39, 0.29) is 46.4 Å². The first-order valence-corrected chi connectivity index (χ1v) is 24.0. The molecule has 0 unspecified atom stereocenters. The van der Waals surface area contributed by atoms with E-state index in [4.69, 9.17) is 21.7 Å². The summed E-state index contributed by atoms with van der Waals surface area (Å²) >= 11 is 5.59. The van der Waals surface area contributed by atoms with Gasteiger partial charge < -0.3 is 45.9 Å². The molecule has 0 bridgehead atoms. The maximum atomic E-state index is 13.5. The third-order valence-corrected chi connectivity index (χ3v) is 17.2. The Hall–Kier alpha value is -4.39. The lowest BCUT2D eigenvalue weighted by atomic mass is 9.44. The predicted octanol–water partition coefficient (Wildman–Crippen LogP) is 9.04. The van der Waals surface area contributed by atoms with Crippen LogP contribution in [0.2, 0.25) is 0 Å². The number of carbonyl (C=O) groups excluding carboxylic acids is 2. The van der Waals surface area contributed by atoms with Gasteiger partial charge in [-0.3, -0.25) is 4.79 Å². The van der Waals surface area contributed by atoms with Crippen LogP contribution in [-0.4, -0.2) is 62.7 Å². The monoisotopic (exact) mass is 879 g/mol. The smallest absolute Gasteiger partial charge is 0.340 e. The Bertz CT molecular complexity index is 2200. The number of anilines is 1. The highest BCUT2D eigenvalue weighted by atomic mass is 32.1. The molecule has 3 aromatic carbocycles. The number of phenols is 2. The molecule has 10 atom stereocenters. The number of esters is 1. The molecule has 4 fully saturated rings. The average Bonchev–Trinajstić information content (AvgIpc) is 3.75. The lowest BCUT2D eigenvalue weighted by Crippen LogP contribution is -2.58. The second kappa shape index (κ2) is 17.2. The number of ether oxygens (including phenoxy) is 2. The molecule has 11 nitrogen and oxygen atoms in total. The summed E-state index contributed by atoms with van der Waals surface area (Å²) in [5, 5.41) is 52.2. The van der Waals surface area contributed by atoms with Crippen LogP contribution < -0.4 is 20.7 Å². The fraction of sp³-hybridized carbons (Fsp3) is 0.588. The van der Waals surface area contributed by atoms with Crippen molar-refractivity contribution in [2.45, 2.75) is 128 Å². The van der Waals surface area contributed by atoms with Gasteiger partial charge in [0.15, 0.2) is 10.7 Å². The molecule has 7 N–H and O–H groups in total. The van der Waals surface area contributed by atoms with Crippen LogP contribution in [0.3, 0.4) is 0 Å². The number of aromatic hydroxyl groups is 2. The van der Waals surface area contributed by atoms with E-state index in [2.05, 4.69) is 36.7 Å². The van der Waals surface area contributed by atoms with Crippen LogP contribution in [0.25, 0.3) is 0 Å². The Morgan fingerprint density at radius 3 is 2.16 bits per heavy atom. The largest absolute Gasteiger partial charge is 0.508 e. The number of phenolic OH excluding ortho intramolecular Hbond substituents is 2. The van der Waals surface area contributed by atoms with Crippen molar-refractivity contribution in [2.75, 3.05) is 18.4 Å². The summed E-state index contributed by atoms with van der Waals surface area (Å²) in [5.41, 5.74) is 1.87. The minimum Gasteiger partial charge on any atom is -0.508 e. The first kappa shape index (κ1) is 43.8. The molecule has 0 aromatic heterocycles. The fourth-order valence-electron chi connectivity index (χ4n) is 13.9. The van der Waals surface area contributed by atoms with Gasteiger partial charge in [-0.1, -0.05) is 39.7 Å². The van der Waals surface area contributed by atoms with Crippen LogP contribution >= 0.6 is 12.2 Å². The van der Waals surface area contributed by atoms with E-state index in [0.717, 1.165) is 57.8 Å². The molecular weight excluding hydrogens is 815 g/mol. The number of thiocarbonyl (C=S) groups is 1. The van der Waals surface area contributed by atoms with Gasteiger partial charge in [0.2, 0.25) is 5.91 Å². The van der Waals surface area contributed by atoms with Gasteiger partial charge >= 0.3 is 5.97 Å². The fourth-order valence-corrected chi connectivity index (χ4v) is 14.1. The Morgan fingerprint density at radius 2 is 1.44 bits per heavy atom. The van der Waals surface area contributed by atoms with Gasteiger partial charge in [0.05, 0.1) is 17.8 Å². The first-order chi connectivity index (χ1) is 30.2. The summed E-state index contributed by atoms with van der Waals surface area (Å²) in [4.78, 5) is 26.4. The van der Waals surface area contributed by atoms with Gasteiger partial charge in [0.1, 0.15) is 23.0 Å². The Morgan fingerprint density at radius 1 is 0.794 bits per heavy atom. The van der Waals surface area contributed by atoms with Gasteiger partial charge in [-0.25, -0.2) is 4.79 Å². The lowest BCUT2D eigenvalue weighted by molar-refractivity contribution is -0.172. The van der Waals surface area contributed by atoms with E-state index in [9.17, 15) is 30.0 Å². The molecule has 4 saturated carbocycles. The highest BCUT2D eigenvalue weighted by molar-refractivity contribution is 7.80. The first-order valence-electron chi connectivity index (χ1n) is 23.6. The molecule has 2 aliphatic heterocycles. The van der Waals surface area contributed by atoms with Crippen molar-refractivity contribution in [3.63, 3.8) is 0 Å². The zero-order chi connectivity index (χ0) is 44.3. The Labute approximate surface area is 376 Å². The summed E-state index contributed by atoms with van der Waals surface area (Å²) in [7, 11) is 0. The molecule has 1 amide bonds. The highest BCUT2D eigenvalue weighted by Gasteiger charge is 2.62. The highest BCUT2D eigenvalue weighted by Crippen LogP contribution is 2.68. The number of hydrogen-bond donors (Lipinski definition) is 7. The maximum absolute atomic E-state index is 13.5. The van der Waals surface area contributed by atoms with Crippen LogP contribution in [0.4, 0.5) is 5.69 Å². The number of unbranched alkanes of at least 4 members (excludes halogenated alkanes) is 3. The standard InChI is InChI=1S/C51H65N3O8S/c1-29(36-15-16-37-34-28-43(58)42-25-33(57)18-20-50(42,3)38(34)19-21-49(36,37)2)8-17-46(59)52-22-6-4-5-7-23-53-48(63)54-30-9-12-39-35(24-30)47(60)62-51(39)40-13-10-31(55)26-44(40)61-45-27-32(56)11-14-41(45)51/h9-14,24,26-27,29,33-34,36-38,42-43,55-58H,4-8,15-23,25,28H2,1-3H3,(H,52,59)(H2,53,54,63)/t29-,33-,34+,36-,37+,38+,42+,43+,49-,50-/m1/s1. The van der Waals surface area contributed by atoms with Gasteiger partial charge in [0, 0.05) is 54.0 Å². The normalized spacial score (nSPS) is 31.2. The van der Waals surface area contributed by atoms with Gasteiger partial charge in [0.25, 0.3) is 0 Å². The maximum Gasteiger partial charge on any atom is 0.340 e. The molecule has 12 heteroatoms. The topological polar surface area (TPSA) is 170 Å². The number of rotatable bonds is 12. The number of aliphatic hydroxyl groups is 2. The second-order valence-electron chi connectivity index (χ2n) is 20.4. The molecular formula is C51H65N3O8S. The number of nitrogens with one attached hydrogen (secondary N) is 3. The molecule has 1 spiro atoms. The van der Waals surface area contributed by atoms with Crippen molar-refractivity contribution in [1.29, 1.82) is 0 Å². The zero-order valence-electron chi connectivity index (χ0n) is 37.0. The van der Waals surface area contributed by atoms with E-state index >= 15 is 0 Å². The van der Waals surface area contributed by atoms with Crippen molar-refractivity contribution >= 4 is 34.9 Å². The Balaban J connectivity index is 0.686. The third-order valence-electron chi connectivity index (χ3n) is 17.0. The lowest BCUT2D eigenvalue weighted by Gasteiger charge is -2.62. The minimum absolute atomic E-state index is 0.000222. The molecule has 6 aliphatic rings. The number of hydrogen-bond acceptors (Lipinski definition) is 9. The molecule has 9 rings (SSSR count). The minimum atomic E-state index is -1.32. The summed E-state index contributed by atoms with van der Waals surface area (Å²) < 4.78 is 12.2. The van der Waals surface area contributed by atoms with Crippen molar-refractivity contribution in [1.82, 2.24) is 10.6 Å². The van der Waals surface area contributed by atoms with Gasteiger partial charge in [-0.15, -0.1) is 0 Å². The van der Waals surface area contributed by atoms with Crippen molar-refractivity contribution in [2.24, 2.45) is 46.3 Å².